The molecule has 0 aromatic heterocycles. The van der Waals surface area contributed by atoms with E-state index in [0.717, 1.165) is 17.5 Å². The number of ether oxygens (including phenoxy) is 1. The van der Waals surface area contributed by atoms with Crippen LogP contribution in [0.2, 0.25) is 0 Å². The summed E-state index contributed by atoms with van der Waals surface area (Å²) in [6.45, 7) is 2.87. The fourth-order valence-electron chi connectivity index (χ4n) is 4.59. The normalized spacial score (nSPS) is 20.9. The molecule has 7 nitrogen and oxygen atoms in total. The van der Waals surface area contributed by atoms with E-state index in [0.29, 0.717) is 44.0 Å². The molecule has 5 rings (SSSR count). The van der Waals surface area contributed by atoms with Crippen LogP contribution in [0.25, 0.3) is 0 Å². The van der Waals surface area contributed by atoms with Gasteiger partial charge in [0.1, 0.15) is 0 Å². The van der Waals surface area contributed by atoms with Gasteiger partial charge in [-0.2, -0.15) is 0 Å². The van der Waals surface area contributed by atoms with Crippen LogP contribution in [0.3, 0.4) is 0 Å². The second-order valence-corrected chi connectivity index (χ2v) is 7.81. The number of imide groups is 1. The van der Waals surface area contributed by atoms with Gasteiger partial charge in [-0.1, -0.05) is 36.4 Å². The minimum atomic E-state index is -0.368. The first-order valence-electron chi connectivity index (χ1n) is 10.3. The third-order valence-electron chi connectivity index (χ3n) is 6.17. The van der Waals surface area contributed by atoms with Crippen molar-refractivity contribution in [1.29, 1.82) is 0 Å². The van der Waals surface area contributed by atoms with Gasteiger partial charge in [-0.3, -0.25) is 14.5 Å². The summed E-state index contributed by atoms with van der Waals surface area (Å²) < 4.78 is 5.38. The van der Waals surface area contributed by atoms with Gasteiger partial charge in [0.25, 0.3) is 11.8 Å². The SMILES string of the molecule is O=C1c2ccccc2C(=O)N1C[C@@H]1c2ccccc2CCN1C(=O)N1CCOCC1. The Balaban J connectivity index is 1.47. The highest BCUT2D eigenvalue weighted by molar-refractivity contribution is 6.21. The summed E-state index contributed by atoms with van der Waals surface area (Å²) in [5, 5.41) is 0. The first-order valence-corrected chi connectivity index (χ1v) is 10.3. The molecule has 3 heterocycles. The lowest BCUT2D eigenvalue weighted by Crippen LogP contribution is -2.53. The number of carbonyl (C=O) groups is 3. The van der Waals surface area contributed by atoms with Crippen LogP contribution in [-0.4, -0.2) is 71.9 Å². The van der Waals surface area contributed by atoms with Gasteiger partial charge in [0.05, 0.1) is 36.9 Å². The molecule has 7 heteroatoms. The van der Waals surface area contributed by atoms with Crippen molar-refractivity contribution in [1.82, 2.24) is 14.7 Å². The maximum absolute atomic E-state index is 13.3. The van der Waals surface area contributed by atoms with Crippen molar-refractivity contribution >= 4 is 17.8 Å². The molecule has 0 N–H and O–H groups in total. The van der Waals surface area contributed by atoms with E-state index in [1.807, 2.05) is 23.1 Å². The van der Waals surface area contributed by atoms with Gasteiger partial charge in [0.2, 0.25) is 0 Å². The summed E-state index contributed by atoms with van der Waals surface area (Å²) in [7, 11) is 0. The topological polar surface area (TPSA) is 70.2 Å². The maximum atomic E-state index is 13.3. The fourth-order valence-corrected chi connectivity index (χ4v) is 4.59. The average molecular weight is 405 g/mol. The Morgan fingerprint density at radius 3 is 2.23 bits per heavy atom. The van der Waals surface area contributed by atoms with Crippen LogP contribution in [0.1, 0.15) is 37.9 Å². The molecule has 0 radical (unpaired) electrons. The summed E-state index contributed by atoms with van der Waals surface area (Å²) >= 11 is 0. The van der Waals surface area contributed by atoms with Crippen LogP contribution >= 0.6 is 0 Å². The third-order valence-corrected chi connectivity index (χ3v) is 6.17. The molecule has 30 heavy (non-hydrogen) atoms. The smallest absolute Gasteiger partial charge is 0.320 e. The number of morpholine rings is 1. The highest BCUT2D eigenvalue weighted by Gasteiger charge is 2.41. The van der Waals surface area contributed by atoms with E-state index in [-0.39, 0.29) is 30.4 Å². The van der Waals surface area contributed by atoms with Gasteiger partial charge in [-0.25, -0.2) is 4.79 Å². The van der Waals surface area contributed by atoms with Crippen LogP contribution in [0.5, 0.6) is 0 Å². The zero-order chi connectivity index (χ0) is 20.7. The maximum Gasteiger partial charge on any atom is 0.320 e. The first-order chi connectivity index (χ1) is 14.6. The minimum Gasteiger partial charge on any atom is -0.378 e. The molecule has 4 amide bonds. The Labute approximate surface area is 174 Å². The minimum absolute atomic E-state index is 0.0607. The molecule has 154 valence electrons. The number of benzene rings is 2. The number of hydrogen-bond acceptors (Lipinski definition) is 4. The second-order valence-electron chi connectivity index (χ2n) is 7.81. The zero-order valence-corrected chi connectivity index (χ0v) is 16.6. The van der Waals surface area contributed by atoms with Gasteiger partial charge in [0.15, 0.2) is 0 Å². The van der Waals surface area contributed by atoms with Gasteiger partial charge in [-0.05, 0) is 29.7 Å². The average Bonchev–Trinajstić information content (AvgIpc) is 3.04. The van der Waals surface area contributed by atoms with Crippen molar-refractivity contribution in [2.75, 3.05) is 39.4 Å². The van der Waals surface area contributed by atoms with Crippen molar-refractivity contribution in [2.45, 2.75) is 12.5 Å². The molecule has 0 bridgehead atoms. The number of hydrogen-bond donors (Lipinski definition) is 0. The monoisotopic (exact) mass is 405 g/mol. The summed E-state index contributed by atoms with van der Waals surface area (Å²) in [5.74, 6) is -0.588. The summed E-state index contributed by atoms with van der Waals surface area (Å²) in [4.78, 5) is 44.1. The van der Waals surface area contributed by atoms with Crippen molar-refractivity contribution in [3.63, 3.8) is 0 Å². The van der Waals surface area contributed by atoms with Gasteiger partial charge >= 0.3 is 6.03 Å². The summed E-state index contributed by atoms with van der Waals surface area (Å²) in [5.41, 5.74) is 3.02. The Morgan fingerprint density at radius 1 is 0.900 bits per heavy atom. The number of nitrogens with zero attached hydrogens (tertiary/aromatic N) is 3. The lowest BCUT2D eigenvalue weighted by Gasteiger charge is -2.42. The van der Waals surface area contributed by atoms with Gasteiger partial charge in [-0.15, -0.1) is 0 Å². The van der Waals surface area contributed by atoms with Crippen molar-refractivity contribution in [3.8, 4) is 0 Å². The molecule has 3 aliphatic rings. The quantitative estimate of drug-likeness (QED) is 0.719. The summed E-state index contributed by atoms with van der Waals surface area (Å²) in [6, 6.07) is 14.4. The molecular formula is C23H23N3O4. The van der Waals surface area contributed by atoms with Gasteiger partial charge in [0, 0.05) is 19.6 Å². The molecule has 1 saturated heterocycles. The number of urea groups is 1. The molecule has 2 aromatic rings. The van der Waals surface area contributed by atoms with Crippen LogP contribution < -0.4 is 0 Å². The molecule has 0 aliphatic carbocycles. The fraction of sp³-hybridized carbons (Fsp3) is 0.348. The number of amides is 4. The Morgan fingerprint density at radius 2 is 1.53 bits per heavy atom. The first kappa shape index (κ1) is 18.8. The molecular weight excluding hydrogens is 382 g/mol. The predicted molar refractivity (Wildman–Crippen MR) is 109 cm³/mol. The molecule has 1 fully saturated rings. The predicted octanol–water partition coefficient (Wildman–Crippen LogP) is 2.33. The lowest BCUT2D eigenvalue weighted by atomic mass is 9.92. The van der Waals surface area contributed by atoms with E-state index in [2.05, 4.69) is 6.07 Å². The van der Waals surface area contributed by atoms with Gasteiger partial charge < -0.3 is 14.5 Å². The van der Waals surface area contributed by atoms with E-state index in [9.17, 15) is 14.4 Å². The molecule has 1 atom stereocenters. The van der Waals surface area contributed by atoms with Crippen LogP contribution in [-0.2, 0) is 11.2 Å². The molecule has 0 unspecified atom stereocenters. The number of rotatable bonds is 2. The van der Waals surface area contributed by atoms with Crippen molar-refractivity contribution in [3.05, 3.63) is 70.8 Å². The molecule has 2 aromatic carbocycles. The lowest BCUT2D eigenvalue weighted by molar-refractivity contribution is 0.0343. The Kier molecular flexibility index (Phi) is 4.75. The highest BCUT2D eigenvalue weighted by Crippen LogP contribution is 2.34. The molecule has 3 aliphatic heterocycles. The number of carbonyl (C=O) groups excluding carboxylic acids is 3. The molecule has 0 saturated carbocycles. The van der Waals surface area contributed by atoms with E-state index in [1.165, 1.54) is 4.90 Å². The molecule has 0 spiro atoms. The largest absolute Gasteiger partial charge is 0.378 e. The highest BCUT2D eigenvalue weighted by atomic mass is 16.5. The summed E-state index contributed by atoms with van der Waals surface area (Å²) in [6.07, 6.45) is 0.755. The van der Waals surface area contributed by atoms with Crippen molar-refractivity contribution < 1.29 is 19.1 Å². The van der Waals surface area contributed by atoms with Crippen LogP contribution in [0.15, 0.2) is 48.5 Å². The zero-order valence-electron chi connectivity index (χ0n) is 16.6. The van der Waals surface area contributed by atoms with E-state index in [1.54, 1.807) is 29.2 Å². The van der Waals surface area contributed by atoms with E-state index in [4.69, 9.17) is 4.74 Å². The van der Waals surface area contributed by atoms with Crippen molar-refractivity contribution in [2.24, 2.45) is 0 Å². The van der Waals surface area contributed by atoms with Crippen LogP contribution in [0, 0.1) is 0 Å². The van der Waals surface area contributed by atoms with E-state index >= 15 is 0 Å². The second kappa shape index (κ2) is 7.57. The van der Waals surface area contributed by atoms with Crippen LogP contribution in [0.4, 0.5) is 4.79 Å². The number of fused-ring (bicyclic) bond motifs is 2. The van der Waals surface area contributed by atoms with E-state index < -0.39 is 0 Å². The standard InChI is InChI=1S/C23H23N3O4/c27-21-18-7-3-4-8-19(18)22(28)26(21)15-20-17-6-2-1-5-16(17)9-10-25(20)23(29)24-11-13-30-14-12-24/h1-8,20H,9-15H2/t20-/m1/s1. The third kappa shape index (κ3) is 3.06. The Bertz CT molecular complexity index is 980. The Hall–Kier alpha value is -3.19.